The van der Waals surface area contributed by atoms with Gasteiger partial charge in [0.25, 0.3) is 0 Å². The third-order valence-electron chi connectivity index (χ3n) is 5.78. The molecule has 4 aliphatic carbocycles. The van der Waals surface area contributed by atoms with Crippen molar-refractivity contribution in [3.63, 3.8) is 0 Å². The largest absolute Gasteiger partial charge is 0.353 e. The maximum absolute atomic E-state index is 11.5. The highest BCUT2D eigenvalue weighted by atomic mass is 16.1. The van der Waals surface area contributed by atoms with Gasteiger partial charge in [0.05, 0.1) is 0 Å². The van der Waals surface area contributed by atoms with Crippen molar-refractivity contribution in [1.29, 1.82) is 0 Å². The van der Waals surface area contributed by atoms with Crippen LogP contribution in [0.3, 0.4) is 0 Å². The smallest absolute Gasteiger partial charge is 0.217 e. The van der Waals surface area contributed by atoms with Crippen LogP contribution >= 0.6 is 0 Å². The zero-order valence-corrected chi connectivity index (χ0v) is 11.9. The molecule has 2 nitrogen and oxygen atoms in total. The first kappa shape index (κ1) is 12.5. The van der Waals surface area contributed by atoms with E-state index < -0.39 is 0 Å². The molecule has 4 saturated carbocycles. The molecular weight excluding hydrogens is 222 g/mol. The summed E-state index contributed by atoms with van der Waals surface area (Å²) in [6.45, 7) is 3.93. The van der Waals surface area contributed by atoms with Gasteiger partial charge in [0.2, 0.25) is 5.91 Å². The van der Waals surface area contributed by atoms with Crippen molar-refractivity contribution in [2.45, 2.75) is 71.3 Å². The normalized spacial score (nSPS) is 42.9. The first-order chi connectivity index (χ1) is 8.61. The van der Waals surface area contributed by atoms with Crippen LogP contribution in [0.25, 0.3) is 0 Å². The number of hydrogen-bond acceptors (Lipinski definition) is 1. The molecule has 4 rings (SSSR count). The topological polar surface area (TPSA) is 29.1 Å². The molecule has 1 unspecified atom stereocenters. The molecule has 4 aliphatic rings. The summed E-state index contributed by atoms with van der Waals surface area (Å²) in [6, 6.07) is 0.452. The van der Waals surface area contributed by atoms with Crippen LogP contribution in [0, 0.1) is 23.2 Å². The van der Waals surface area contributed by atoms with Crippen molar-refractivity contribution in [2.75, 3.05) is 0 Å². The van der Waals surface area contributed by atoms with E-state index in [4.69, 9.17) is 0 Å². The maximum Gasteiger partial charge on any atom is 0.217 e. The van der Waals surface area contributed by atoms with E-state index in [9.17, 15) is 4.79 Å². The summed E-state index contributed by atoms with van der Waals surface area (Å²) in [5, 5.41) is 3.30. The Morgan fingerprint density at radius 3 is 2.06 bits per heavy atom. The van der Waals surface area contributed by atoms with Gasteiger partial charge in [-0.25, -0.2) is 0 Å². The highest BCUT2D eigenvalue weighted by molar-refractivity contribution is 5.73. The summed E-state index contributed by atoms with van der Waals surface area (Å²) in [7, 11) is 0. The van der Waals surface area contributed by atoms with Crippen LogP contribution in [-0.4, -0.2) is 11.9 Å². The van der Waals surface area contributed by atoms with E-state index in [0.29, 0.717) is 11.5 Å². The van der Waals surface area contributed by atoms with Crippen molar-refractivity contribution in [3.05, 3.63) is 0 Å². The van der Waals surface area contributed by atoms with Crippen LogP contribution in [0.4, 0.5) is 0 Å². The van der Waals surface area contributed by atoms with Crippen LogP contribution in [0.15, 0.2) is 0 Å². The summed E-state index contributed by atoms with van der Waals surface area (Å²) in [5.41, 5.74) is 0.469. The Balaban J connectivity index is 1.81. The summed E-state index contributed by atoms with van der Waals surface area (Å²) in [5.74, 6) is 3.10. The fourth-order valence-electron chi connectivity index (χ4n) is 5.67. The predicted octanol–water partition coefficient (Wildman–Crippen LogP) is 3.51. The molecule has 102 valence electrons. The molecule has 0 aromatic heterocycles. The van der Waals surface area contributed by atoms with Gasteiger partial charge < -0.3 is 5.32 Å². The van der Waals surface area contributed by atoms with Gasteiger partial charge in [-0.05, 0) is 68.1 Å². The van der Waals surface area contributed by atoms with Crippen LogP contribution in [-0.2, 0) is 4.79 Å². The fraction of sp³-hybridized carbons (Fsp3) is 0.938. The number of rotatable bonds is 4. The first-order valence-corrected chi connectivity index (χ1v) is 7.88. The van der Waals surface area contributed by atoms with E-state index in [2.05, 4.69) is 12.2 Å². The van der Waals surface area contributed by atoms with Crippen molar-refractivity contribution < 1.29 is 4.79 Å². The van der Waals surface area contributed by atoms with Crippen molar-refractivity contribution in [2.24, 2.45) is 23.2 Å². The second-order valence-electron chi connectivity index (χ2n) is 7.32. The lowest BCUT2D eigenvalue weighted by molar-refractivity contribution is -0.124. The molecule has 1 N–H and O–H groups in total. The molecule has 0 radical (unpaired) electrons. The van der Waals surface area contributed by atoms with Gasteiger partial charge in [-0.15, -0.1) is 0 Å². The van der Waals surface area contributed by atoms with Gasteiger partial charge >= 0.3 is 0 Å². The molecule has 0 spiro atoms. The van der Waals surface area contributed by atoms with E-state index in [-0.39, 0.29) is 5.91 Å². The van der Waals surface area contributed by atoms with Gasteiger partial charge in [-0.2, -0.15) is 0 Å². The van der Waals surface area contributed by atoms with Gasteiger partial charge in [0, 0.05) is 13.0 Å². The van der Waals surface area contributed by atoms with Crippen molar-refractivity contribution in [1.82, 2.24) is 5.32 Å². The van der Waals surface area contributed by atoms with Crippen LogP contribution in [0.5, 0.6) is 0 Å². The highest BCUT2D eigenvalue weighted by Gasteiger charge is 2.53. The molecule has 4 fully saturated rings. The van der Waals surface area contributed by atoms with Crippen LogP contribution in [0.1, 0.15) is 65.2 Å². The second-order valence-corrected chi connectivity index (χ2v) is 7.32. The zero-order valence-electron chi connectivity index (χ0n) is 11.9. The molecular formula is C16H27NO. The van der Waals surface area contributed by atoms with Gasteiger partial charge in [-0.3, -0.25) is 4.79 Å². The zero-order chi connectivity index (χ0) is 12.8. The summed E-state index contributed by atoms with van der Waals surface area (Å²) < 4.78 is 0. The molecule has 2 heteroatoms. The van der Waals surface area contributed by atoms with E-state index in [1.165, 1.54) is 51.4 Å². The summed E-state index contributed by atoms with van der Waals surface area (Å²) in [6.07, 6.45) is 11.0. The average molecular weight is 249 g/mol. The van der Waals surface area contributed by atoms with Crippen LogP contribution in [0.2, 0.25) is 0 Å². The maximum atomic E-state index is 11.5. The van der Waals surface area contributed by atoms with Gasteiger partial charge in [-0.1, -0.05) is 13.3 Å². The van der Waals surface area contributed by atoms with Crippen molar-refractivity contribution in [3.8, 4) is 0 Å². The molecule has 0 aromatic carbocycles. The van der Waals surface area contributed by atoms with E-state index >= 15 is 0 Å². The number of amides is 1. The van der Waals surface area contributed by atoms with Crippen molar-refractivity contribution >= 4 is 5.91 Å². The van der Waals surface area contributed by atoms with E-state index in [1.54, 1.807) is 6.92 Å². The Hall–Kier alpha value is -0.530. The minimum atomic E-state index is 0.171. The van der Waals surface area contributed by atoms with E-state index in [0.717, 1.165) is 17.8 Å². The third kappa shape index (κ3) is 2.08. The lowest BCUT2D eigenvalue weighted by Gasteiger charge is -2.59. The average Bonchev–Trinajstić information content (AvgIpc) is 2.26. The lowest BCUT2D eigenvalue weighted by atomic mass is 9.47. The number of hydrogen-bond donors (Lipinski definition) is 1. The summed E-state index contributed by atoms with van der Waals surface area (Å²) >= 11 is 0. The predicted molar refractivity (Wildman–Crippen MR) is 73.1 cm³/mol. The monoisotopic (exact) mass is 249 g/mol. The number of carbonyl (C=O) groups excluding carboxylic acids is 1. The molecule has 18 heavy (non-hydrogen) atoms. The Labute approximate surface area is 111 Å². The minimum Gasteiger partial charge on any atom is -0.353 e. The molecule has 1 atom stereocenters. The van der Waals surface area contributed by atoms with Crippen LogP contribution < -0.4 is 5.32 Å². The quantitative estimate of drug-likeness (QED) is 0.811. The fourth-order valence-corrected chi connectivity index (χ4v) is 5.67. The molecule has 0 aromatic rings. The SMILES string of the molecule is CCCC(NC(C)=O)C12CC3CC(CC(C3)C1)C2. The Morgan fingerprint density at radius 2 is 1.67 bits per heavy atom. The van der Waals surface area contributed by atoms with Gasteiger partial charge in [0.15, 0.2) is 0 Å². The number of carbonyl (C=O) groups is 1. The van der Waals surface area contributed by atoms with Gasteiger partial charge in [0.1, 0.15) is 0 Å². The molecule has 0 saturated heterocycles. The number of nitrogens with one attached hydrogen (secondary N) is 1. The lowest BCUT2D eigenvalue weighted by Crippen LogP contribution is -2.56. The Bertz CT molecular complexity index is 301. The van der Waals surface area contributed by atoms with E-state index in [1.807, 2.05) is 0 Å². The molecule has 1 amide bonds. The molecule has 4 bridgehead atoms. The first-order valence-electron chi connectivity index (χ1n) is 7.88. The standard InChI is InChI=1S/C16H27NO/c1-3-4-15(17-11(2)18)16-8-12-5-13(9-16)7-14(6-12)10-16/h12-15H,3-10H2,1-2H3,(H,17,18). The summed E-state index contributed by atoms with van der Waals surface area (Å²) in [4.78, 5) is 11.5. The molecule has 0 aliphatic heterocycles. The Morgan fingerprint density at radius 1 is 1.17 bits per heavy atom. The third-order valence-corrected chi connectivity index (χ3v) is 5.78. The highest BCUT2D eigenvalue weighted by Crippen LogP contribution is 2.61. The Kier molecular flexibility index (Phi) is 3.15. The minimum absolute atomic E-state index is 0.171. The molecule has 0 heterocycles. The second kappa shape index (κ2) is 4.54.